The average Bonchev–Trinajstić information content (AvgIpc) is 2.68. The van der Waals surface area contributed by atoms with Gasteiger partial charge in [-0.3, -0.25) is 4.99 Å². The SMILES string of the molecule is C=C1CNCc2cc(Cl)ccc2N1C(=NC)C1CCCCC1. The first-order chi connectivity index (χ1) is 10.7. The Morgan fingerprint density at radius 2 is 2.05 bits per heavy atom. The first kappa shape index (κ1) is 15.6. The van der Waals surface area contributed by atoms with Crippen LogP contribution in [0.1, 0.15) is 37.7 Å². The number of nitrogens with one attached hydrogen (secondary N) is 1. The predicted octanol–water partition coefficient (Wildman–Crippen LogP) is 4.37. The molecule has 0 atom stereocenters. The summed E-state index contributed by atoms with van der Waals surface area (Å²) in [6, 6.07) is 6.10. The smallest absolute Gasteiger partial charge is 0.110 e. The normalized spacial score (nSPS) is 20.7. The summed E-state index contributed by atoms with van der Waals surface area (Å²) in [5.74, 6) is 1.70. The Morgan fingerprint density at radius 1 is 1.27 bits per heavy atom. The van der Waals surface area contributed by atoms with Crippen molar-refractivity contribution in [2.45, 2.75) is 38.6 Å². The van der Waals surface area contributed by atoms with E-state index in [0.717, 1.165) is 29.6 Å². The molecule has 1 heterocycles. The number of anilines is 1. The molecule has 1 aliphatic heterocycles. The van der Waals surface area contributed by atoms with E-state index in [0.29, 0.717) is 5.92 Å². The van der Waals surface area contributed by atoms with Crippen molar-refractivity contribution in [2.75, 3.05) is 18.5 Å². The highest BCUT2D eigenvalue weighted by Gasteiger charge is 2.28. The summed E-state index contributed by atoms with van der Waals surface area (Å²) < 4.78 is 0. The number of amidine groups is 1. The second-order valence-corrected chi connectivity index (χ2v) is 6.63. The Labute approximate surface area is 138 Å². The third-order valence-electron chi connectivity index (χ3n) is 4.67. The van der Waals surface area contributed by atoms with Gasteiger partial charge in [0, 0.05) is 36.8 Å². The molecule has 0 saturated heterocycles. The number of aliphatic imine (C=N–C) groups is 1. The molecular formula is C18H24ClN3. The van der Waals surface area contributed by atoms with Crippen LogP contribution in [0.25, 0.3) is 0 Å². The van der Waals surface area contributed by atoms with Gasteiger partial charge < -0.3 is 10.2 Å². The Kier molecular flexibility index (Phi) is 4.84. The number of hydrogen-bond donors (Lipinski definition) is 1. The zero-order valence-electron chi connectivity index (χ0n) is 13.2. The topological polar surface area (TPSA) is 27.6 Å². The van der Waals surface area contributed by atoms with E-state index in [1.54, 1.807) is 0 Å². The Morgan fingerprint density at radius 3 is 2.77 bits per heavy atom. The summed E-state index contributed by atoms with van der Waals surface area (Å²) in [4.78, 5) is 6.94. The minimum absolute atomic E-state index is 0.539. The zero-order valence-corrected chi connectivity index (χ0v) is 14.0. The summed E-state index contributed by atoms with van der Waals surface area (Å²) in [5, 5.41) is 4.22. The van der Waals surface area contributed by atoms with Gasteiger partial charge in [0.15, 0.2) is 0 Å². The number of rotatable bonds is 1. The van der Waals surface area contributed by atoms with E-state index in [2.05, 4.69) is 27.9 Å². The van der Waals surface area contributed by atoms with Gasteiger partial charge in [-0.15, -0.1) is 0 Å². The monoisotopic (exact) mass is 317 g/mol. The highest BCUT2D eigenvalue weighted by molar-refractivity contribution is 6.30. The largest absolute Gasteiger partial charge is 0.307 e. The minimum atomic E-state index is 0.539. The molecule has 4 heteroatoms. The fourth-order valence-corrected chi connectivity index (χ4v) is 3.81. The van der Waals surface area contributed by atoms with Crippen molar-refractivity contribution < 1.29 is 0 Å². The second-order valence-electron chi connectivity index (χ2n) is 6.19. The fraction of sp³-hybridized carbons (Fsp3) is 0.500. The van der Waals surface area contributed by atoms with E-state index < -0.39 is 0 Å². The van der Waals surface area contributed by atoms with Gasteiger partial charge in [0.05, 0.1) is 5.69 Å². The predicted molar refractivity (Wildman–Crippen MR) is 94.7 cm³/mol. The molecule has 1 aromatic carbocycles. The molecule has 1 saturated carbocycles. The standard InChI is InChI=1S/C18H24ClN3/c1-13-11-21-12-15-10-16(19)8-9-17(15)22(13)18(20-2)14-6-4-3-5-7-14/h8-10,14,21H,1,3-7,11-12H2,2H3. The van der Waals surface area contributed by atoms with Crippen molar-refractivity contribution in [2.24, 2.45) is 10.9 Å². The molecule has 2 aliphatic rings. The Bertz CT molecular complexity index is 588. The molecule has 1 fully saturated rings. The van der Waals surface area contributed by atoms with Crippen LogP contribution in [-0.2, 0) is 6.54 Å². The van der Waals surface area contributed by atoms with E-state index in [4.69, 9.17) is 11.6 Å². The van der Waals surface area contributed by atoms with E-state index in [-0.39, 0.29) is 0 Å². The number of halogens is 1. The van der Waals surface area contributed by atoms with Crippen LogP contribution in [0.5, 0.6) is 0 Å². The molecule has 1 aromatic rings. The highest BCUT2D eigenvalue weighted by Crippen LogP contribution is 2.34. The maximum Gasteiger partial charge on any atom is 0.110 e. The lowest BCUT2D eigenvalue weighted by Gasteiger charge is -2.34. The van der Waals surface area contributed by atoms with Crippen molar-refractivity contribution >= 4 is 23.1 Å². The molecule has 1 N–H and O–H groups in total. The molecule has 1 aliphatic carbocycles. The van der Waals surface area contributed by atoms with Crippen LogP contribution in [0.15, 0.2) is 35.5 Å². The maximum atomic E-state index is 6.18. The summed E-state index contributed by atoms with van der Waals surface area (Å²) in [7, 11) is 1.91. The molecule has 0 amide bonds. The lowest BCUT2D eigenvalue weighted by Crippen LogP contribution is -2.38. The summed E-state index contributed by atoms with van der Waals surface area (Å²) >= 11 is 6.18. The molecule has 22 heavy (non-hydrogen) atoms. The van der Waals surface area contributed by atoms with Crippen molar-refractivity contribution in [3.8, 4) is 0 Å². The average molecular weight is 318 g/mol. The molecule has 0 spiro atoms. The van der Waals surface area contributed by atoms with Gasteiger partial charge >= 0.3 is 0 Å². The van der Waals surface area contributed by atoms with Gasteiger partial charge in [-0.2, -0.15) is 0 Å². The molecule has 3 rings (SSSR count). The lowest BCUT2D eigenvalue weighted by atomic mass is 9.87. The molecule has 0 radical (unpaired) electrons. The van der Waals surface area contributed by atoms with Crippen LogP contribution in [0.4, 0.5) is 5.69 Å². The summed E-state index contributed by atoms with van der Waals surface area (Å²) in [6.45, 7) is 5.88. The molecular weight excluding hydrogens is 294 g/mol. The maximum absolute atomic E-state index is 6.18. The highest BCUT2D eigenvalue weighted by atomic mass is 35.5. The van der Waals surface area contributed by atoms with Crippen LogP contribution >= 0.6 is 11.6 Å². The van der Waals surface area contributed by atoms with Crippen molar-refractivity contribution in [1.82, 2.24) is 5.32 Å². The van der Waals surface area contributed by atoms with Crippen molar-refractivity contribution in [1.29, 1.82) is 0 Å². The molecule has 0 unspecified atom stereocenters. The van der Waals surface area contributed by atoms with Crippen LogP contribution in [0.2, 0.25) is 5.02 Å². The van der Waals surface area contributed by atoms with Gasteiger partial charge in [0.2, 0.25) is 0 Å². The van der Waals surface area contributed by atoms with Crippen molar-refractivity contribution in [3.05, 3.63) is 41.1 Å². The Balaban J connectivity index is 2.01. The quantitative estimate of drug-likeness (QED) is 0.615. The van der Waals surface area contributed by atoms with E-state index in [1.165, 1.54) is 43.4 Å². The number of fused-ring (bicyclic) bond motifs is 1. The number of nitrogens with zero attached hydrogens (tertiary/aromatic N) is 2. The van der Waals surface area contributed by atoms with E-state index >= 15 is 0 Å². The first-order valence-electron chi connectivity index (χ1n) is 8.14. The first-order valence-corrected chi connectivity index (χ1v) is 8.52. The molecule has 118 valence electrons. The van der Waals surface area contributed by atoms with Crippen LogP contribution in [0.3, 0.4) is 0 Å². The van der Waals surface area contributed by atoms with Crippen LogP contribution in [-0.4, -0.2) is 19.4 Å². The second kappa shape index (κ2) is 6.84. The minimum Gasteiger partial charge on any atom is -0.307 e. The van der Waals surface area contributed by atoms with E-state index in [9.17, 15) is 0 Å². The van der Waals surface area contributed by atoms with Crippen molar-refractivity contribution in [3.63, 3.8) is 0 Å². The Hall–Kier alpha value is -1.32. The third kappa shape index (κ3) is 3.06. The van der Waals surface area contributed by atoms with Crippen LogP contribution < -0.4 is 10.2 Å². The van der Waals surface area contributed by atoms with Crippen LogP contribution in [0, 0.1) is 5.92 Å². The van der Waals surface area contributed by atoms with Gasteiger partial charge in [-0.1, -0.05) is 37.4 Å². The summed E-state index contributed by atoms with van der Waals surface area (Å²) in [6.07, 6.45) is 6.41. The van der Waals surface area contributed by atoms with Gasteiger partial charge in [-0.05, 0) is 36.6 Å². The summed E-state index contributed by atoms with van der Waals surface area (Å²) in [5.41, 5.74) is 3.45. The molecule has 3 nitrogen and oxygen atoms in total. The lowest BCUT2D eigenvalue weighted by molar-refractivity contribution is 0.436. The number of benzene rings is 1. The van der Waals surface area contributed by atoms with E-state index in [1.807, 2.05) is 19.2 Å². The van der Waals surface area contributed by atoms with Gasteiger partial charge in [0.1, 0.15) is 5.84 Å². The third-order valence-corrected chi connectivity index (χ3v) is 4.91. The molecule has 0 aromatic heterocycles. The number of hydrogen-bond acceptors (Lipinski definition) is 2. The van der Waals surface area contributed by atoms with Gasteiger partial charge in [-0.25, -0.2) is 0 Å². The zero-order chi connectivity index (χ0) is 15.5. The fourth-order valence-electron chi connectivity index (χ4n) is 3.62. The van der Waals surface area contributed by atoms with Gasteiger partial charge in [0.25, 0.3) is 0 Å². The molecule has 0 bridgehead atoms.